The quantitative estimate of drug-likeness (QED) is 0.666. The fourth-order valence-electron chi connectivity index (χ4n) is 1.21. The summed E-state index contributed by atoms with van der Waals surface area (Å²) in [5, 5.41) is 19.1. The van der Waals surface area contributed by atoms with Crippen LogP contribution < -0.4 is 10.5 Å². The van der Waals surface area contributed by atoms with E-state index < -0.39 is 6.10 Å². The van der Waals surface area contributed by atoms with Gasteiger partial charge >= 0.3 is 0 Å². The predicted molar refractivity (Wildman–Crippen MR) is 53.3 cm³/mol. The minimum Gasteiger partial charge on any atom is -0.504 e. The van der Waals surface area contributed by atoms with E-state index in [-0.39, 0.29) is 12.3 Å². The zero-order valence-corrected chi connectivity index (χ0v) is 8.10. The van der Waals surface area contributed by atoms with Gasteiger partial charge in [-0.3, -0.25) is 0 Å². The van der Waals surface area contributed by atoms with Gasteiger partial charge in [0.05, 0.1) is 12.7 Å². The van der Waals surface area contributed by atoms with E-state index in [1.165, 1.54) is 0 Å². The van der Waals surface area contributed by atoms with Crippen LogP contribution in [0.25, 0.3) is 0 Å². The molecule has 4 nitrogen and oxygen atoms in total. The fraction of sp³-hybridized carbons (Fsp3) is 0.400. The Morgan fingerprint density at radius 3 is 2.79 bits per heavy atom. The molecular weight excluding hydrogens is 182 g/mol. The van der Waals surface area contributed by atoms with E-state index in [4.69, 9.17) is 10.5 Å². The van der Waals surface area contributed by atoms with Crippen LogP contribution in [0.4, 0.5) is 0 Å². The van der Waals surface area contributed by atoms with Crippen LogP contribution in [0.3, 0.4) is 0 Å². The highest BCUT2D eigenvalue weighted by Gasteiger charge is 2.13. The molecule has 14 heavy (non-hydrogen) atoms. The van der Waals surface area contributed by atoms with Crippen molar-refractivity contribution in [3.8, 4) is 11.5 Å². The molecule has 78 valence electrons. The second-order valence-corrected chi connectivity index (χ2v) is 2.88. The SMILES string of the molecule is CCOc1cccc(C(O)CN)c1O. The van der Waals surface area contributed by atoms with Crippen LogP contribution in [0.5, 0.6) is 11.5 Å². The maximum Gasteiger partial charge on any atom is 0.163 e. The molecule has 4 heteroatoms. The van der Waals surface area contributed by atoms with Crippen molar-refractivity contribution in [2.75, 3.05) is 13.2 Å². The Labute approximate surface area is 82.9 Å². The van der Waals surface area contributed by atoms with Gasteiger partial charge in [-0.15, -0.1) is 0 Å². The van der Waals surface area contributed by atoms with Gasteiger partial charge in [-0.05, 0) is 13.0 Å². The third-order valence-electron chi connectivity index (χ3n) is 1.91. The zero-order valence-electron chi connectivity index (χ0n) is 8.10. The lowest BCUT2D eigenvalue weighted by Gasteiger charge is -2.13. The Morgan fingerprint density at radius 2 is 2.21 bits per heavy atom. The molecule has 0 amide bonds. The summed E-state index contributed by atoms with van der Waals surface area (Å²) in [7, 11) is 0. The lowest BCUT2D eigenvalue weighted by atomic mass is 10.1. The Balaban J connectivity index is 3.00. The maximum atomic E-state index is 9.68. The number of aliphatic hydroxyl groups excluding tert-OH is 1. The number of hydrogen-bond acceptors (Lipinski definition) is 4. The molecule has 0 radical (unpaired) electrons. The molecule has 1 atom stereocenters. The van der Waals surface area contributed by atoms with Crippen molar-refractivity contribution in [2.45, 2.75) is 13.0 Å². The number of aliphatic hydroxyl groups is 1. The van der Waals surface area contributed by atoms with E-state index in [1.54, 1.807) is 18.2 Å². The lowest BCUT2D eigenvalue weighted by molar-refractivity contribution is 0.181. The van der Waals surface area contributed by atoms with Crippen molar-refractivity contribution in [1.29, 1.82) is 0 Å². The second-order valence-electron chi connectivity index (χ2n) is 2.88. The summed E-state index contributed by atoms with van der Waals surface area (Å²) in [6, 6.07) is 4.97. The van der Waals surface area contributed by atoms with Crippen molar-refractivity contribution < 1.29 is 14.9 Å². The van der Waals surface area contributed by atoms with Crippen molar-refractivity contribution in [3.05, 3.63) is 23.8 Å². The minimum atomic E-state index is -0.851. The Bertz CT molecular complexity index is 301. The van der Waals surface area contributed by atoms with Gasteiger partial charge in [-0.2, -0.15) is 0 Å². The fourth-order valence-corrected chi connectivity index (χ4v) is 1.21. The molecule has 0 spiro atoms. The first kappa shape index (κ1) is 10.8. The van der Waals surface area contributed by atoms with E-state index in [9.17, 15) is 10.2 Å². The number of hydrogen-bond donors (Lipinski definition) is 3. The van der Waals surface area contributed by atoms with Gasteiger partial charge in [-0.25, -0.2) is 0 Å². The topological polar surface area (TPSA) is 75.7 Å². The number of benzene rings is 1. The molecule has 1 aromatic carbocycles. The van der Waals surface area contributed by atoms with Crippen LogP contribution in [-0.4, -0.2) is 23.4 Å². The number of phenols is 1. The second kappa shape index (κ2) is 4.83. The van der Waals surface area contributed by atoms with Gasteiger partial charge in [0.1, 0.15) is 0 Å². The number of phenolic OH excluding ortho intramolecular Hbond substituents is 1. The van der Waals surface area contributed by atoms with Crippen LogP contribution in [0.15, 0.2) is 18.2 Å². The van der Waals surface area contributed by atoms with Crippen LogP contribution in [0.2, 0.25) is 0 Å². The Kier molecular flexibility index (Phi) is 3.73. The first-order valence-corrected chi connectivity index (χ1v) is 4.53. The van der Waals surface area contributed by atoms with Crippen LogP contribution >= 0.6 is 0 Å². The molecule has 1 unspecified atom stereocenters. The molecule has 0 aliphatic heterocycles. The zero-order chi connectivity index (χ0) is 10.6. The summed E-state index contributed by atoms with van der Waals surface area (Å²) in [6.45, 7) is 2.37. The van der Waals surface area contributed by atoms with Crippen molar-refractivity contribution >= 4 is 0 Å². The lowest BCUT2D eigenvalue weighted by Crippen LogP contribution is -2.11. The molecule has 4 N–H and O–H groups in total. The van der Waals surface area contributed by atoms with Gasteiger partial charge in [0.15, 0.2) is 11.5 Å². The van der Waals surface area contributed by atoms with Crippen molar-refractivity contribution in [1.82, 2.24) is 0 Å². The van der Waals surface area contributed by atoms with E-state index in [2.05, 4.69) is 0 Å². The highest BCUT2D eigenvalue weighted by atomic mass is 16.5. The maximum absolute atomic E-state index is 9.68. The smallest absolute Gasteiger partial charge is 0.163 e. The number of para-hydroxylation sites is 1. The highest BCUT2D eigenvalue weighted by Crippen LogP contribution is 2.33. The minimum absolute atomic E-state index is 0.0349. The normalized spacial score (nSPS) is 12.5. The molecule has 0 bridgehead atoms. The van der Waals surface area contributed by atoms with Gasteiger partial charge in [0.2, 0.25) is 0 Å². The van der Waals surface area contributed by atoms with Crippen molar-refractivity contribution in [2.24, 2.45) is 5.73 Å². The summed E-state index contributed by atoms with van der Waals surface area (Å²) in [5.74, 6) is 0.338. The molecule has 0 heterocycles. The van der Waals surface area contributed by atoms with Crippen molar-refractivity contribution in [3.63, 3.8) is 0 Å². The molecule has 0 aromatic heterocycles. The van der Waals surface area contributed by atoms with Gasteiger partial charge in [-0.1, -0.05) is 12.1 Å². The summed E-state index contributed by atoms with van der Waals surface area (Å²) < 4.78 is 5.17. The Hall–Kier alpha value is -1.26. The number of rotatable bonds is 4. The molecule has 0 aliphatic carbocycles. The van der Waals surface area contributed by atoms with Crippen LogP contribution in [-0.2, 0) is 0 Å². The molecule has 0 fully saturated rings. The highest BCUT2D eigenvalue weighted by molar-refractivity contribution is 5.46. The molecular formula is C10H15NO3. The van der Waals surface area contributed by atoms with Gasteiger partial charge in [0.25, 0.3) is 0 Å². The van der Waals surface area contributed by atoms with E-state index >= 15 is 0 Å². The summed E-state index contributed by atoms with van der Waals surface area (Å²) >= 11 is 0. The number of nitrogens with two attached hydrogens (primary N) is 1. The van der Waals surface area contributed by atoms with E-state index in [1.807, 2.05) is 6.92 Å². The first-order valence-electron chi connectivity index (χ1n) is 4.53. The molecule has 1 rings (SSSR count). The third kappa shape index (κ3) is 2.16. The van der Waals surface area contributed by atoms with E-state index in [0.717, 1.165) is 0 Å². The standard InChI is InChI=1S/C10H15NO3/c1-2-14-9-5-3-4-7(10(9)13)8(12)6-11/h3-5,8,12-13H,2,6,11H2,1H3. The first-order chi connectivity index (χ1) is 6.70. The van der Waals surface area contributed by atoms with Gasteiger partial charge < -0.3 is 20.7 Å². The molecule has 0 aliphatic rings. The largest absolute Gasteiger partial charge is 0.504 e. The average Bonchev–Trinajstić information content (AvgIpc) is 2.20. The van der Waals surface area contributed by atoms with Gasteiger partial charge in [0, 0.05) is 12.1 Å². The predicted octanol–water partition coefficient (Wildman–Crippen LogP) is 0.783. The Morgan fingerprint density at radius 1 is 1.50 bits per heavy atom. The molecule has 1 aromatic rings. The monoisotopic (exact) mass is 197 g/mol. The summed E-state index contributed by atoms with van der Waals surface area (Å²) in [5.41, 5.74) is 5.70. The number of aromatic hydroxyl groups is 1. The molecule has 0 saturated carbocycles. The van der Waals surface area contributed by atoms with Crippen LogP contribution in [0.1, 0.15) is 18.6 Å². The summed E-state index contributed by atoms with van der Waals surface area (Å²) in [6.07, 6.45) is -0.851. The van der Waals surface area contributed by atoms with Crippen LogP contribution in [0, 0.1) is 0 Å². The number of ether oxygens (including phenoxy) is 1. The van der Waals surface area contributed by atoms with E-state index in [0.29, 0.717) is 17.9 Å². The third-order valence-corrected chi connectivity index (χ3v) is 1.91. The molecule has 0 saturated heterocycles. The average molecular weight is 197 g/mol. The summed E-state index contributed by atoms with van der Waals surface area (Å²) in [4.78, 5) is 0.